The van der Waals surface area contributed by atoms with Crippen LogP contribution in [0.3, 0.4) is 0 Å². The van der Waals surface area contributed by atoms with Crippen LogP contribution in [0.5, 0.6) is 5.75 Å². The number of halogens is 1. The van der Waals surface area contributed by atoms with Gasteiger partial charge in [-0.2, -0.15) is 0 Å². The number of hydrogen-bond donors (Lipinski definition) is 1. The summed E-state index contributed by atoms with van der Waals surface area (Å²) >= 11 is 1.74. The van der Waals surface area contributed by atoms with Gasteiger partial charge in [0.1, 0.15) is 10.8 Å². The number of hydrogen-bond acceptors (Lipinski definition) is 4. The van der Waals surface area contributed by atoms with E-state index in [1.807, 2.05) is 25.4 Å². The fourth-order valence-electron chi connectivity index (χ4n) is 2.21. The number of aromatic nitrogens is 1. The minimum Gasteiger partial charge on any atom is -0.497 e. The van der Waals surface area contributed by atoms with Crippen LogP contribution in [-0.4, -0.2) is 37.0 Å². The Hall–Kier alpha value is -1.35. The normalized spacial score (nSPS) is 10.9. The average molecular weight is 460 g/mol. The third-order valence-corrected chi connectivity index (χ3v) is 4.64. The van der Waals surface area contributed by atoms with Gasteiger partial charge >= 0.3 is 0 Å². The third kappa shape index (κ3) is 5.94. The van der Waals surface area contributed by atoms with Crippen LogP contribution < -0.4 is 10.1 Å². The molecule has 0 amide bonds. The second-order valence-electron chi connectivity index (χ2n) is 5.18. The van der Waals surface area contributed by atoms with E-state index in [2.05, 4.69) is 39.2 Å². The predicted molar refractivity (Wildman–Crippen MR) is 112 cm³/mol. The van der Waals surface area contributed by atoms with E-state index in [0.717, 1.165) is 29.7 Å². The number of rotatable bonds is 6. The number of guanidine groups is 1. The molecule has 5 nitrogen and oxygen atoms in total. The standard InChI is InChI=1S/C17H24N4OS.HI/c1-5-15-10-19-16(23-15)11-20-17(18-2)21(3)12-13-6-8-14(22-4)9-7-13;/h6-10H,5,11-12H2,1-4H3,(H,18,20);1H. The highest BCUT2D eigenvalue weighted by atomic mass is 127. The summed E-state index contributed by atoms with van der Waals surface area (Å²) in [5, 5.41) is 4.45. The summed E-state index contributed by atoms with van der Waals surface area (Å²) in [6, 6.07) is 8.08. The van der Waals surface area contributed by atoms with Gasteiger partial charge < -0.3 is 15.0 Å². The van der Waals surface area contributed by atoms with Crippen molar-refractivity contribution >= 4 is 41.3 Å². The highest BCUT2D eigenvalue weighted by Gasteiger charge is 2.08. The molecular formula is C17H25IN4OS. The summed E-state index contributed by atoms with van der Waals surface area (Å²) in [4.78, 5) is 12.2. The molecule has 1 aromatic heterocycles. The third-order valence-electron chi connectivity index (χ3n) is 3.50. The van der Waals surface area contributed by atoms with E-state index >= 15 is 0 Å². The van der Waals surface area contributed by atoms with Crippen molar-refractivity contribution in [2.45, 2.75) is 26.4 Å². The van der Waals surface area contributed by atoms with Gasteiger partial charge in [-0.25, -0.2) is 4.98 Å². The lowest BCUT2D eigenvalue weighted by Crippen LogP contribution is -2.38. The number of aryl methyl sites for hydroxylation is 1. The van der Waals surface area contributed by atoms with E-state index in [1.54, 1.807) is 25.5 Å². The number of nitrogens with one attached hydrogen (secondary N) is 1. The molecule has 24 heavy (non-hydrogen) atoms. The molecule has 0 saturated heterocycles. The molecule has 0 aliphatic heterocycles. The first kappa shape index (κ1) is 20.7. The zero-order chi connectivity index (χ0) is 16.7. The predicted octanol–water partition coefficient (Wildman–Crippen LogP) is 3.54. The molecule has 0 fully saturated rings. The Morgan fingerprint density at radius 3 is 2.58 bits per heavy atom. The van der Waals surface area contributed by atoms with Crippen LogP contribution in [-0.2, 0) is 19.5 Å². The van der Waals surface area contributed by atoms with Gasteiger partial charge in [0.25, 0.3) is 0 Å². The van der Waals surface area contributed by atoms with Crippen LogP contribution in [0.15, 0.2) is 35.5 Å². The summed E-state index contributed by atoms with van der Waals surface area (Å²) in [5.74, 6) is 1.73. The molecule has 0 atom stereocenters. The highest BCUT2D eigenvalue weighted by molar-refractivity contribution is 14.0. The van der Waals surface area contributed by atoms with Gasteiger partial charge in [-0.1, -0.05) is 19.1 Å². The molecule has 0 bridgehead atoms. The quantitative estimate of drug-likeness (QED) is 0.407. The molecule has 132 valence electrons. The Morgan fingerprint density at radius 2 is 2.04 bits per heavy atom. The van der Waals surface area contributed by atoms with Crippen LogP contribution in [0.2, 0.25) is 0 Å². The van der Waals surface area contributed by atoms with Crippen LogP contribution in [0.1, 0.15) is 22.4 Å². The second-order valence-corrected chi connectivity index (χ2v) is 6.38. The lowest BCUT2D eigenvalue weighted by Gasteiger charge is -2.22. The van der Waals surface area contributed by atoms with Gasteiger partial charge in [-0.15, -0.1) is 35.3 Å². The lowest BCUT2D eigenvalue weighted by molar-refractivity contribution is 0.414. The van der Waals surface area contributed by atoms with Gasteiger partial charge in [0.2, 0.25) is 0 Å². The second kappa shape index (κ2) is 10.5. The molecule has 0 aliphatic carbocycles. The summed E-state index contributed by atoms with van der Waals surface area (Å²) in [6.45, 7) is 3.62. The first-order valence-electron chi connectivity index (χ1n) is 7.64. The number of thiazole rings is 1. The van der Waals surface area contributed by atoms with Gasteiger partial charge in [0.15, 0.2) is 5.96 Å². The van der Waals surface area contributed by atoms with Crippen molar-refractivity contribution in [2.24, 2.45) is 4.99 Å². The number of nitrogens with zero attached hydrogens (tertiary/aromatic N) is 3. The van der Waals surface area contributed by atoms with E-state index in [1.165, 1.54) is 10.4 Å². The molecule has 2 rings (SSSR count). The zero-order valence-electron chi connectivity index (χ0n) is 14.6. The van der Waals surface area contributed by atoms with Crippen LogP contribution in [0.4, 0.5) is 0 Å². The van der Waals surface area contributed by atoms with Crippen molar-refractivity contribution in [1.82, 2.24) is 15.2 Å². The van der Waals surface area contributed by atoms with E-state index in [-0.39, 0.29) is 24.0 Å². The van der Waals surface area contributed by atoms with Gasteiger partial charge in [-0.3, -0.25) is 4.99 Å². The van der Waals surface area contributed by atoms with Crippen molar-refractivity contribution in [3.05, 3.63) is 45.9 Å². The maximum Gasteiger partial charge on any atom is 0.194 e. The molecule has 0 unspecified atom stereocenters. The fourth-order valence-corrected chi connectivity index (χ4v) is 3.01. The van der Waals surface area contributed by atoms with E-state index in [0.29, 0.717) is 6.54 Å². The Balaban J connectivity index is 0.00000288. The number of methoxy groups -OCH3 is 1. The van der Waals surface area contributed by atoms with Crippen molar-refractivity contribution < 1.29 is 4.74 Å². The molecule has 1 N–H and O–H groups in total. The molecule has 0 radical (unpaired) electrons. The smallest absolute Gasteiger partial charge is 0.194 e. The molecule has 0 aliphatic rings. The summed E-state index contributed by atoms with van der Waals surface area (Å²) in [6.07, 6.45) is 2.98. The van der Waals surface area contributed by atoms with Gasteiger partial charge in [-0.05, 0) is 24.1 Å². The van der Waals surface area contributed by atoms with Crippen LogP contribution in [0.25, 0.3) is 0 Å². The SMILES string of the molecule is CCc1cnc(CNC(=NC)N(C)Cc2ccc(OC)cc2)s1.I. The topological polar surface area (TPSA) is 49.8 Å². The summed E-state index contributed by atoms with van der Waals surface area (Å²) in [5.41, 5.74) is 1.21. The van der Waals surface area contributed by atoms with Gasteiger partial charge in [0.05, 0.1) is 13.7 Å². The Bertz CT molecular complexity index is 642. The Kier molecular flexibility index (Phi) is 9.05. The van der Waals surface area contributed by atoms with Crippen LogP contribution >= 0.6 is 35.3 Å². The molecule has 1 aromatic carbocycles. The lowest BCUT2D eigenvalue weighted by atomic mass is 10.2. The molecular weight excluding hydrogens is 435 g/mol. The largest absolute Gasteiger partial charge is 0.497 e. The van der Waals surface area contributed by atoms with E-state index in [9.17, 15) is 0 Å². The molecule has 2 aromatic rings. The fraction of sp³-hybridized carbons (Fsp3) is 0.412. The monoisotopic (exact) mass is 460 g/mol. The number of ether oxygens (including phenoxy) is 1. The zero-order valence-corrected chi connectivity index (χ0v) is 17.7. The van der Waals surface area contributed by atoms with Crippen LogP contribution in [0, 0.1) is 0 Å². The average Bonchev–Trinajstić information content (AvgIpc) is 3.04. The maximum atomic E-state index is 5.19. The van der Waals surface area contributed by atoms with Crippen molar-refractivity contribution in [1.29, 1.82) is 0 Å². The summed E-state index contributed by atoms with van der Waals surface area (Å²) in [7, 11) is 5.50. The summed E-state index contributed by atoms with van der Waals surface area (Å²) < 4.78 is 5.19. The first-order valence-corrected chi connectivity index (χ1v) is 8.46. The molecule has 0 spiro atoms. The van der Waals surface area contributed by atoms with E-state index < -0.39 is 0 Å². The molecule has 1 heterocycles. The molecule has 0 saturated carbocycles. The van der Waals surface area contributed by atoms with E-state index in [4.69, 9.17) is 4.74 Å². The van der Waals surface area contributed by atoms with Crippen molar-refractivity contribution in [2.75, 3.05) is 21.2 Å². The number of benzene rings is 1. The maximum absolute atomic E-state index is 5.19. The highest BCUT2D eigenvalue weighted by Crippen LogP contribution is 2.14. The van der Waals surface area contributed by atoms with Gasteiger partial charge in [0, 0.05) is 31.7 Å². The minimum absolute atomic E-state index is 0. The van der Waals surface area contributed by atoms with Crippen molar-refractivity contribution in [3.63, 3.8) is 0 Å². The number of aliphatic imine (C=N–C) groups is 1. The first-order chi connectivity index (χ1) is 11.2. The Morgan fingerprint density at radius 1 is 1.33 bits per heavy atom. The molecule has 7 heteroatoms. The minimum atomic E-state index is 0. The van der Waals surface area contributed by atoms with Crippen molar-refractivity contribution in [3.8, 4) is 5.75 Å². The Labute approximate surface area is 165 Å².